The van der Waals surface area contributed by atoms with Crippen LogP contribution >= 0.6 is 11.6 Å². The van der Waals surface area contributed by atoms with Crippen LogP contribution in [0.5, 0.6) is 5.75 Å². The highest BCUT2D eigenvalue weighted by Gasteiger charge is 2.10. The normalized spacial score (nSPS) is 11.8. The van der Waals surface area contributed by atoms with Crippen molar-refractivity contribution in [2.24, 2.45) is 0 Å². The Morgan fingerprint density at radius 3 is 2.43 bits per heavy atom. The third kappa shape index (κ3) is 4.76. The van der Waals surface area contributed by atoms with Crippen LogP contribution in [0.15, 0.2) is 48.5 Å². The number of hydrogen-bond acceptors (Lipinski definition) is 2. The summed E-state index contributed by atoms with van der Waals surface area (Å²) in [7, 11) is 0. The smallest absolute Gasteiger partial charge is 0.258 e. The minimum Gasteiger partial charge on any atom is -0.484 e. The first-order chi connectivity index (χ1) is 10.0. The zero-order valence-corrected chi connectivity index (χ0v) is 12.2. The fraction of sp³-hybridized carbons (Fsp3) is 0.188. The molecule has 0 aliphatic heterocycles. The maximum Gasteiger partial charge on any atom is 0.258 e. The second kappa shape index (κ2) is 7.09. The van der Waals surface area contributed by atoms with Gasteiger partial charge in [-0.15, -0.1) is 0 Å². The number of carbonyl (C=O) groups excluding carboxylic acids is 1. The van der Waals surface area contributed by atoms with E-state index < -0.39 is 0 Å². The van der Waals surface area contributed by atoms with Crippen LogP contribution in [0.3, 0.4) is 0 Å². The number of nitrogens with one attached hydrogen (secondary N) is 1. The molecule has 3 nitrogen and oxygen atoms in total. The predicted molar refractivity (Wildman–Crippen MR) is 79.9 cm³/mol. The second-order valence-electron chi connectivity index (χ2n) is 4.58. The largest absolute Gasteiger partial charge is 0.484 e. The molecule has 0 saturated carbocycles. The molecule has 0 unspecified atom stereocenters. The second-order valence-corrected chi connectivity index (χ2v) is 5.02. The zero-order valence-electron chi connectivity index (χ0n) is 11.5. The van der Waals surface area contributed by atoms with Gasteiger partial charge in [-0.3, -0.25) is 4.79 Å². The number of halogens is 2. The van der Waals surface area contributed by atoms with E-state index in [0.29, 0.717) is 10.8 Å². The number of amides is 1. The van der Waals surface area contributed by atoms with E-state index in [1.54, 1.807) is 36.4 Å². The van der Waals surface area contributed by atoms with Gasteiger partial charge in [0.25, 0.3) is 5.91 Å². The molecule has 0 heterocycles. The average Bonchev–Trinajstić information content (AvgIpc) is 2.47. The Morgan fingerprint density at radius 1 is 1.19 bits per heavy atom. The van der Waals surface area contributed by atoms with Gasteiger partial charge in [-0.05, 0) is 48.9 Å². The SMILES string of the molecule is C[C@H](NC(=O)COc1ccc(Cl)cc1)c1ccc(F)cc1. The molecule has 0 spiro atoms. The Balaban J connectivity index is 1.83. The Labute approximate surface area is 127 Å². The molecule has 2 rings (SSSR count). The molecule has 1 N–H and O–H groups in total. The number of benzene rings is 2. The summed E-state index contributed by atoms with van der Waals surface area (Å²) < 4.78 is 18.2. The minimum atomic E-state index is -0.302. The summed E-state index contributed by atoms with van der Waals surface area (Å²) in [6.07, 6.45) is 0. The maximum atomic E-state index is 12.8. The summed E-state index contributed by atoms with van der Waals surface area (Å²) in [5, 5.41) is 3.39. The molecule has 110 valence electrons. The maximum absolute atomic E-state index is 12.8. The van der Waals surface area contributed by atoms with Gasteiger partial charge >= 0.3 is 0 Å². The van der Waals surface area contributed by atoms with Crippen molar-refractivity contribution in [3.63, 3.8) is 0 Å². The number of rotatable bonds is 5. The average molecular weight is 308 g/mol. The van der Waals surface area contributed by atoms with Crippen LogP contribution in [0.4, 0.5) is 4.39 Å². The number of carbonyl (C=O) groups is 1. The highest BCUT2D eigenvalue weighted by Crippen LogP contribution is 2.16. The van der Waals surface area contributed by atoms with E-state index in [-0.39, 0.29) is 24.4 Å². The minimum absolute atomic E-state index is 0.0901. The molecule has 0 saturated heterocycles. The number of ether oxygens (including phenoxy) is 1. The van der Waals surface area contributed by atoms with Crippen molar-refractivity contribution in [2.45, 2.75) is 13.0 Å². The van der Waals surface area contributed by atoms with Gasteiger partial charge in [0, 0.05) is 5.02 Å². The molecule has 21 heavy (non-hydrogen) atoms. The molecular weight excluding hydrogens is 293 g/mol. The Bertz CT molecular complexity index is 599. The van der Waals surface area contributed by atoms with Crippen LogP contribution in [-0.2, 0) is 4.79 Å². The van der Waals surface area contributed by atoms with E-state index in [1.807, 2.05) is 6.92 Å². The molecule has 0 radical (unpaired) electrons. The van der Waals surface area contributed by atoms with Crippen LogP contribution in [0, 0.1) is 5.82 Å². The fourth-order valence-corrected chi connectivity index (χ4v) is 1.92. The van der Waals surface area contributed by atoms with Crippen molar-refractivity contribution >= 4 is 17.5 Å². The highest BCUT2D eigenvalue weighted by atomic mass is 35.5. The summed E-state index contributed by atoms with van der Waals surface area (Å²) >= 11 is 5.76. The van der Waals surface area contributed by atoms with Gasteiger partial charge in [-0.2, -0.15) is 0 Å². The zero-order chi connectivity index (χ0) is 15.2. The molecule has 0 fully saturated rings. The highest BCUT2D eigenvalue weighted by molar-refractivity contribution is 6.30. The molecular formula is C16H15ClFNO2. The molecule has 2 aromatic rings. The summed E-state index contributed by atoms with van der Waals surface area (Å²) in [6.45, 7) is 1.74. The third-order valence-corrected chi connectivity index (χ3v) is 3.18. The van der Waals surface area contributed by atoms with E-state index in [2.05, 4.69) is 5.32 Å². The predicted octanol–water partition coefficient (Wildman–Crippen LogP) is 3.74. The lowest BCUT2D eigenvalue weighted by atomic mass is 10.1. The molecule has 0 aromatic heterocycles. The first-order valence-corrected chi connectivity index (χ1v) is 6.85. The van der Waals surface area contributed by atoms with Crippen LogP contribution in [0.1, 0.15) is 18.5 Å². The summed E-state index contributed by atoms with van der Waals surface area (Å²) in [5.74, 6) is 0.0223. The van der Waals surface area contributed by atoms with Crippen LogP contribution < -0.4 is 10.1 Å². The van der Waals surface area contributed by atoms with E-state index in [0.717, 1.165) is 5.56 Å². The third-order valence-electron chi connectivity index (χ3n) is 2.93. The van der Waals surface area contributed by atoms with E-state index in [1.165, 1.54) is 12.1 Å². The molecule has 2 aromatic carbocycles. The fourth-order valence-electron chi connectivity index (χ4n) is 1.80. The molecule has 1 atom stereocenters. The van der Waals surface area contributed by atoms with Crippen molar-refractivity contribution in [2.75, 3.05) is 6.61 Å². The molecule has 0 aliphatic carbocycles. The van der Waals surface area contributed by atoms with Gasteiger partial charge in [0.2, 0.25) is 0 Å². The molecule has 0 aliphatic rings. The van der Waals surface area contributed by atoms with Gasteiger partial charge < -0.3 is 10.1 Å². The lowest BCUT2D eigenvalue weighted by molar-refractivity contribution is -0.123. The Hall–Kier alpha value is -2.07. The summed E-state index contributed by atoms with van der Waals surface area (Å²) in [4.78, 5) is 11.8. The van der Waals surface area contributed by atoms with Crippen molar-refractivity contribution < 1.29 is 13.9 Å². The Kier molecular flexibility index (Phi) is 5.17. The Morgan fingerprint density at radius 2 is 1.81 bits per heavy atom. The van der Waals surface area contributed by atoms with Gasteiger partial charge in [-0.25, -0.2) is 4.39 Å². The standard InChI is InChI=1S/C16H15ClFNO2/c1-11(12-2-6-14(18)7-3-12)19-16(20)10-21-15-8-4-13(17)5-9-15/h2-9,11H,10H2,1H3,(H,19,20)/t11-/m0/s1. The lowest BCUT2D eigenvalue weighted by Gasteiger charge is -2.14. The topological polar surface area (TPSA) is 38.3 Å². The molecule has 5 heteroatoms. The molecule has 1 amide bonds. The first kappa shape index (κ1) is 15.3. The van der Waals surface area contributed by atoms with Crippen LogP contribution in [-0.4, -0.2) is 12.5 Å². The van der Waals surface area contributed by atoms with Crippen molar-refractivity contribution in [1.29, 1.82) is 0 Å². The summed E-state index contributed by atoms with van der Waals surface area (Å²) in [6, 6.07) is 12.6. The monoisotopic (exact) mass is 307 g/mol. The van der Waals surface area contributed by atoms with Crippen LogP contribution in [0.25, 0.3) is 0 Å². The number of hydrogen-bond donors (Lipinski definition) is 1. The van der Waals surface area contributed by atoms with E-state index in [9.17, 15) is 9.18 Å². The van der Waals surface area contributed by atoms with E-state index >= 15 is 0 Å². The van der Waals surface area contributed by atoms with Crippen molar-refractivity contribution in [3.8, 4) is 5.75 Å². The summed E-state index contributed by atoms with van der Waals surface area (Å²) in [5.41, 5.74) is 0.830. The van der Waals surface area contributed by atoms with Gasteiger partial charge in [0.1, 0.15) is 11.6 Å². The van der Waals surface area contributed by atoms with Crippen LogP contribution in [0.2, 0.25) is 5.02 Å². The van der Waals surface area contributed by atoms with Gasteiger partial charge in [-0.1, -0.05) is 23.7 Å². The quantitative estimate of drug-likeness (QED) is 0.914. The first-order valence-electron chi connectivity index (χ1n) is 6.48. The van der Waals surface area contributed by atoms with E-state index in [4.69, 9.17) is 16.3 Å². The van der Waals surface area contributed by atoms with Gasteiger partial charge in [0.05, 0.1) is 6.04 Å². The van der Waals surface area contributed by atoms with Gasteiger partial charge in [0.15, 0.2) is 6.61 Å². The molecule has 0 bridgehead atoms. The van der Waals surface area contributed by atoms with Crippen molar-refractivity contribution in [3.05, 3.63) is 64.9 Å². The van der Waals surface area contributed by atoms with Crippen molar-refractivity contribution in [1.82, 2.24) is 5.32 Å². The lowest BCUT2D eigenvalue weighted by Crippen LogP contribution is -2.31.